The molecule has 0 bridgehead atoms. The summed E-state index contributed by atoms with van der Waals surface area (Å²) in [5, 5.41) is 13.4. The zero-order valence-corrected chi connectivity index (χ0v) is 16.4. The van der Waals surface area contributed by atoms with Crippen LogP contribution in [0.2, 0.25) is 0 Å². The fourth-order valence-corrected chi connectivity index (χ4v) is 4.43. The van der Waals surface area contributed by atoms with Crippen molar-refractivity contribution in [3.63, 3.8) is 0 Å². The number of hydrogen-bond donors (Lipinski definition) is 0. The zero-order valence-electron chi connectivity index (χ0n) is 15.6. The average Bonchev–Trinajstić information content (AvgIpc) is 3.09. The minimum Gasteiger partial charge on any atom is -0.383 e. The van der Waals surface area contributed by atoms with E-state index in [1.54, 1.807) is 13.2 Å². The molecule has 1 heterocycles. The van der Waals surface area contributed by atoms with Crippen LogP contribution in [0.3, 0.4) is 0 Å². The van der Waals surface area contributed by atoms with Gasteiger partial charge in [-0.1, -0.05) is 53.8 Å². The number of aromatic nitrogens is 1. The number of hydrogen-bond acceptors (Lipinski definition) is 5. The van der Waals surface area contributed by atoms with Crippen LogP contribution in [0, 0.1) is 10.1 Å². The van der Waals surface area contributed by atoms with E-state index in [9.17, 15) is 14.9 Å². The summed E-state index contributed by atoms with van der Waals surface area (Å²) in [5.41, 5.74) is 0.661. The molecule has 0 saturated heterocycles. The maximum atomic E-state index is 12.8. The summed E-state index contributed by atoms with van der Waals surface area (Å²) in [7, 11) is 1.61. The maximum Gasteiger partial charge on any atom is 0.286 e. The van der Waals surface area contributed by atoms with Crippen LogP contribution in [0.5, 0.6) is 0 Å². The molecule has 4 aromatic rings. The van der Waals surface area contributed by atoms with E-state index in [1.807, 2.05) is 41.0 Å². The summed E-state index contributed by atoms with van der Waals surface area (Å²) in [4.78, 5) is 28.2. The number of para-hydroxylation sites is 1. The molecule has 0 fully saturated rings. The second-order valence-electron chi connectivity index (χ2n) is 6.36. The number of amides is 1. The summed E-state index contributed by atoms with van der Waals surface area (Å²) in [6, 6.07) is 17.9. The fraction of sp³-hybridized carbons (Fsp3) is 0.143. The van der Waals surface area contributed by atoms with Crippen molar-refractivity contribution in [2.45, 2.75) is 6.54 Å². The third kappa shape index (κ3) is 3.55. The van der Waals surface area contributed by atoms with Crippen molar-refractivity contribution < 1.29 is 14.5 Å². The standard InChI is InChI=1S/C21H17N3O4S/c1-28-13-12-23-18-11-10-14-6-2-3-7-15(14)19(18)29-21(23)22-20(25)16-8-4-5-9-17(16)24(26)27/h2-11H,12-13H2,1H3. The molecule has 0 aliphatic heterocycles. The minimum atomic E-state index is -0.640. The van der Waals surface area contributed by atoms with Gasteiger partial charge in [-0.25, -0.2) is 0 Å². The van der Waals surface area contributed by atoms with Crippen molar-refractivity contribution in [1.29, 1.82) is 0 Å². The Morgan fingerprint density at radius 1 is 1.14 bits per heavy atom. The van der Waals surface area contributed by atoms with Crippen LogP contribution < -0.4 is 4.80 Å². The van der Waals surface area contributed by atoms with Crippen molar-refractivity contribution in [2.75, 3.05) is 13.7 Å². The number of benzene rings is 3. The first kappa shape index (κ1) is 19.0. The number of carbonyl (C=O) groups excluding carboxylic acids is 1. The molecule has 0 spiro atoms. The van der Waals surface area contributed by atoms with Crippen molar-refractivity contribution in [2.24, 2.45) is 4.99 Å². The molecule has 29 heavy (non-hydrogen) atoms. The van der Waals surface area contributed by atoms with E-state index < -0.39 is 10.8 Å². The second-order valence-corrected chi connectivity index (χ2v) is 7.33. The first-order valence-corrected chi connectivity index (χ1v) is 9.74. The predicted molar refractivity (Wildman–Crippen MR) is 112 cm³/mol. The fourth-order valence-electron chi connectivity index (χ4n) is 3.24. The maximum absolute atomic E-state index is 12.8. The SMILES string of the molecule is COCCn1c(=NC(=O)c2ccccc2[N+](=O)[O-])sc2c3ccccc3ccc21. The van der Waals surface area contributed by atoms with Gasteiger partial charge >= 0.3 is 0 Å². The topological polar surface area (TPSA) is 86.7 Å². The molecular formula is C21H17N3O4S. The van der Waals surface area contributed by atoms with E-state index in [0.29, 0.717) is 18.0 Å². The Labute approximate surface area is 169 Å². The van der Waals surface area contributed by atoms with Crippen LogP contribution >= 0.6 is 11.3 Å². The number of methoxy groups -OCH3 is 1. The van der Waals surface area contributed by atoms with Gasteiger partial charge in [0.2, 0.25) is 0 Å². The third-order valence-corrected chi connectivity index (χ3v) is 5.75. The molecule has 146 valence electrons. The Morgan fingerprint density at radius 2 is 1.90 bits per heavy atom. The van der Waals surface area contributed by atoms with Crippen LogP contribution in [0.15, 0.2) is 65.7 Å². The number of thiazole rings is 1. The molecule has 3 aromatic carbocycles. The lowest BCUT2D eigenvalue weighted by molar-refractivity contribution is -0.385. The largest absolute Gasteiger partial charge is 0.383 e. The number of nitro benzene ring substituents is 1. The van der Waals surface area contributed by atoms with Gasteiger partial charge in [-0.3, -0.25) is 14.9 Å². The summed E-state index contributed by atoms with van der Waals surface area (Å²) in [6.45, 7) is 0.962. The molecule has 0 aliphatic rings. The molecule has 4 rings (SSSR count). The second kappa shape index (κ2) is 7.94. The van der Waals surface area contributed by atoms with Crippen molar-refractivity contribution in [3.8, 4) is 0 Å². The Hall–Kier alpha value is -3.36. The highest BCUT2D eigenvalue weighted by Crippen LogP contribution is 2.28. The molecule has 0 atom stereocenters. The molecule has 0 aliphatic carbocycles. The van der Waals surface area contributed by atoms with E-state index in [2.05, 4.69) is 4.99 Å². The van der Waals surface area contributed by atoms with Crippen LogP contribution in [0.4, 0.5) is 5.69 Å². The lowest BCUT2D eigenvalue weighted by Gasteiger charge is -2.05. The van der Waals surface area contributed by atoms with Gasteiger partial charge in [0.15, 0.2) is 4.80 Å². The van der Waals surface area contributed by atoms with Crippen molar-refractivity contribution >= 4 is 43.9 Å². The third-order valence-electron chi connectivity index (χ3n) is 4.62. The van der Waals surface area contributed by atoms with Gasteiger partial charge in [0.1, 0.15) is 5.56 Å². The Kier molecular flexibility index (Phi) is 5.20. The smallest absolute Gasteiger partial charge is 0.286 e. The molecule has 8 heteroatoms. The lowest BCUT2D eigenvalue weighted by atomic mass is 10.1. The Bertz CT molecular complexity index is 1310. The monoisotopic (exact) mass is 407 g/mol. The van der Waals surface area contributed by atoms with E-state index in [1.165, 1.54) is 29.5 Å². The number of nitrogens with zero attached hydrogens (tertiary/aromatic N) is 3. The van der Waals surface area contributed by atoms with Gasteiger partial charge in [0.25, 0.3) is 11.6 Å². The molecule has 1 aromatic heterocycles. The first-order chi connectivity index (χ1) is 14.1. The first-order valence-electron chi connectivity index (χ1n) is 8.92. The Morgan fingerprint density at radius 3 is 2.69 bits per heavy atom. The summed E-state index contributed by atoms with van der Waals surface area (Å²) < 4.78 is 8.14. The molecule has 0 radical (unpaired) electrons. The normalized spacial score (nSPS) is 12.0. The zero-order chi connectivity index (χ0) is 20.4. The summed E-state index contributed by atoms with van der Waals surface area (Å²) in [5.74, 6) is -0.640. The molecule has 0 N–H and O–H groups in total. The minimum absolute atomic E-state index is 0.0295. The van der Waals surface area contributed by atoms with E-state index in [-0.39, 0.29) is 11.3 Å². The molecule has 7 nitrogen and oxygen atoms in total. The quantitative estimate of drug-likeness (QED) is 0.367. The number of fused-ring (bicyclic) bond motifs is 3. The average molecular weight is 407 g/mol. The number of ether oxygens (including phenoxy) is 1. The summed E-state index contributed by atoms with van der Waals surface area (Å²) in [6.07, 6.45) is 0. The molecule has 0 saturated carbocycles. The van der Waals surface area contributed by atoms with Crippen LogP contribution in [-0.4, -0.2) is 29.1 Å². The molecular weight excluding hydrogens is 390 g/mol. The van der Waals surface area contributed by atoms with Gasteiger partial charge < -0.3 is 9.30 Å². The van der Waals surface area contributed by atoms with Gasteiger partial charge in [-0.2, -0.15) is 4.99 Å². The number of carbonyl (C=O) groups is 1. The van der Waals surface area contributed by atoms with E-state index >= 15 is 0 Å². The van der Waals surface area contributed by atoms with Gasteiger partial charge in [0.05, 0.1) is 21.7 Å². The van der Waals surface area contributed by atoms with Gasteiger partial charge in [0, 0.05) is 25.1 Å². The molecule has 1 amide bonds. The highest BCUT2D eigenvalue weighted by Gasteiger charge is 2.19. The molecule has 0 unspecified atom stereocenters. The number of rotatable bonds is 5. The summed E-state index contributed by atoms with van der Waals surface area (Å²) >= 11 is 1.39. The number of nitro groups is 1. The lowest BCUT2D eigenvalue weighted by Crippen LogP contribution is -2.19. The van der Waals surface area contributed by atoms with Gasteiger partial charge in [-0.15, -0.1) is 0 Å². The van der Waals surface area contributed by atoms with Gasteiger partial charge in [-0.05, 0) is 17.5 Å². The highest BCUT2D eigenvalue weighted by atomic mass is 32.1. The van der Waals surface area contributed by atoms with Crippen LogP contribution in [0.1, 0.15) is 10.4 Å². The van der Waals surface area contributed by atoms with Crippen molar-refractivity contribution in [1.82, 2.24) is 4.57 Å². The predicted octanol–water partition coefficient (Wildman–Crippen LogP) is 4.15. The van der Waals surface area contributed by atoms with E-state index in [0.717, 1.165) is 21.0 Å². The van der Waals surface area contributed by atoms with Crippen molar-refractivity contribution in [3.05, 3.63) is 81.1 Å². The highest BCUT2D eigenvalue weighted by molar-refractivity contribution is 7.17. The van der Waals surface area contributed by atoms with Crippen LogP contribution in [0.25, 0.3) is 21.0 Å². The van der Waals surface area contributed by atoms with E-state index in [4.69, 9.17) is 4.74 Å². The Balaban J connectivity index is 1.93. The van der Waals surface area contributed by atoms with Crippen LogP contribution in [-0.2, 0) is 11.3 Å².